The van der Waals surface area contributed by atoms with E-state index in [-0.39, 0.29) is 18.6 Å². The van der Waals surface area contributed by atoms with Gasteiger partial charge in [0.1, 0.15) is 11.6 Å². The summed E-state index contributed by atoms with van der Waals surface area (Å²) in [6.45, 7) is 5.32. The van der Waals surface area contributed by atoms with E-state index in [1.54, 1.807) is 24.3 Å². The SMILES string of the molecule is C=C/C=C\C(CO)=C(/C)c1nc2[nH]c(O[C@H]3CC[C@H](C(=O)O)CC3)nc2cc1Cl. The summed E-state index contributed by atoms with van der Waals surface area (Å²) in [7, 11) is 0. The maximum absolute atomic E-state index is 11.1. The van der Waals surface area contributed by atoms with Gasteiger partial charge in [-0.25, -0.2) is 4.98 Å². The molecule has 3 N–H and O–H groups in total. The number of pyridine rings is 1. The zero-order valence-corrected chi connectivity index (χ0v) is 16.9. The molecule has 2 aromatic rings. The number of aromatic amines is 1. The summed E-state index contributed by atoms with van der Waals surface area (Å²) in [5, 5.41) is 19.2. The molecule has 29 heavy (non-hydrogen) atoms. The zero-order valence-electron chi connectivity index (χ0n) is 16.2. The number of rotatable bonds is 7. The molecule has 2 aromatic heterocycles. The second-order valence-corrected chi connectivity index (χ2v) is 7.47. The Hall–Kier alpha value is -2.64. The largest absolute Gasteiger partial charge is 0.481 e. The van der Waals surface area contributed by atoms with Crippen molar-refractivity contribution in [3.63, 3.8) is 0 Å². The molecular formula is C21H24ClN3O4. The van der Waals surface area contributed by atoms with Crippen molar-refractivity contribution >= 4 is 34.3 Å². The minimum atomic E-state index is -0.743. The topological polar surface area (TPSA) is 108 Å². The molecule has 1 aliphatic carbocycles. The lowest BCUT2D eigenvalue weighted by Gasteiger charge is -2.25. The molecule has 3 rings (SSSR count). The van der Waals surface area contributed by atoms with Crippen LogP contribution in [0.4, 0.5) is 0 Å². The van der Waals surface area contributed by atoms with Gasteiger partial charge in [0.25, 0.3) is 6.01 Å². The van der Waals surface area contributed by atoms with Gasteiger partial charge in [-0.2, -0.15) is 4.98 Å². The molecule has 0 aromatic carbocycles. The molecule has 0 bridgehead atoms. The number of carbonyl (C=O) groups is 1. The third kappa shape index (κ3) is 4.86. The van der Waals surface area contributed by atoms with E-state index in [1.165, 1.54) is 0 Å². The summed E-state index contributed by atoms with van der Waals surface area (Å²) in [6, 6.07) is 2.05. The first-order chi connectivity index (χ1) is 13.9. The number of aromatic nitrogens is 3. The number of H-pyrrole nitrogens is 1. The van der Waals surface area contributed by atoms with Crippen LogP contribution in [-0.4, -0.2) is 43.8 Å². The standard InChI is InChI=1S/C21H24ClN3O4/c1-3-4-5-14(11-26)12(2)18-16(22)10-17-19(24-18)25-21(23-17)29-15-8-6-13(7-9-15)20(27)28/h3-5,10,13,15,26H,1,6-9,11H2,2H3,(H,27,28)(H,23,24,25)/b5-4-,14-12-/t13-,15-. The summed E-state index contributed by atoms with van der Waals surface area (Å²) in [5.74, 6) is -1.04. The normalized spacial score (nSPS) is 20.7. The third-order valence-electron chi connectivity index (χ3n) is 5.15. The Morgan fingerprint density at radius 2 is 2.10 bits per heavy atom. The number of fused-ring (bicyclic) bond motifs is 1. The van der Waals surface area contributed by atoms with Gasteiger partial charge in [0.2, 0.25) is 0 Å². The fourth-order valence-corrected chi connectivity index (χ4v) is 3.72. The lowest BCUT2D eigenvalue weighted by Crippen LogP contribution is -2.28. The second-order valence-electron chi connectivity index (χ2n) is 7.06. The van der Waals surface area contributed by atoms with Gasteiger partial charge in [-0.05, 0) is 49.8 Å². The quantitative estimate of drug-likeness (QED) is 0.584. The Labute approximate surface area is 173 Å². The van der Waals surface area contributed by atoms with E-state index in [9.17, 15) is 9.90 Å². The average molecular weight is 418 g/mol. The van der Waals surface area contributed by atoms with Crippen LogP contribution in [0.1, 0.15) is 38.3 Å². The van der Waals surface area contributed by atoms with Gasteiger partial charge in [0.05, 0.1) is 23.2 Å². The number of aliphatic hydroxyl groups is 1. The van der Waals surface area contributed by atoms with Crippen molar-refractivity contribution in [1.29, 1.82) is 0 Å². The molecule has 0 amide bonds. The molecule has 0 atom stereocenters. The maximum Gasteiger partial charge on any atom is 0.306 e. The smallest absolute Gasteiger partial charge is 0.306 e. The van der Waals surface area contributed by atoms with Crippen molar-refractivity contribution in [1.82, 2.24) is 15.0 Å². The lowest BCUT2D eigenvalue weighted by molar-refractivity contribution is -0.143. The highest BCUT2D eigenvalue weighted by Gasteiger charge is 2.27. The Balaban J connectivity index is 1.82. The molecule has 1 aliphatic rings. The van der Waals surface area contributed by atoms with Crippen LogP contribution in [0.15, 0.2) is 36.4 Å². The van der Waals surface area contributed by atoms with Gasteiger partial charge in [-0.3, -0.25) is 9.78 Å². The number of nitrogens with zero attached hydrogens (tertiary/aromatic N) is 2. The highest BCUT2D eigenvalue weighted by molar-refractivity contribution is 6.32. The number of imidazole rings is 1. The van der Waals surface area contributed by atoms with Crippen LogP contribution in [0.2, 0.25) is 5.02 Å². The first kappa shape index (κ1) is 21.1. The van der Waals surface area contributed by atoms with E-state index in [1.807, 2.05) is 6.92 Å². The van der Waals surface area contributed by atoms with Gasteiger partial charge in [0.15, 0.2) is 5.65 Å². The molecule has 2 heterocycles. The molecule has 0 saturated heterocycles. The minimum Gasteiger partial charge on any atom is -0.481 e. The summed E-state index contributed by atoms with van der Waals surface area (Å²) in [4.78, 5) is 23.1. The summed E-state index contributed by atoms with van der Waals surface area (Å²) in [6.07, 6.45) is 7.59. The predicted octanol–water partition coefficient (Wildman–Crippen LogP) is 4.14. The number of hydrogen-bond donors (Lipinski definition) is 3. The van der Waals surface area contributed by atoms with Gasteiger partial charge in [-0.15, -0.1) is 0 Å². The zero-order chi connectivity index (χ0) is 21.0. The number of aliphatic carboxylic acids is 1. The summed E-state index contributed by atoms with van der Waals surface area (Å²) in [5.41, 5.74) is 3.09. The number of hydrogen-bond acceptors (Lipinski definition) is 5. The number of halogens is 1. The fraction of sp³-hybridized carbons (Fsp3) is 0.381. The number of carboxylic acids is 1. The molecule has 1 saturated carbocycles. The van der Waals surface area contributed by atoms with E-state index in [4.69, 9.17) is 21.4 Å². The number of allylic oxidation sites excluding steroid dienone is 3. The van der Waals surface area contributed by atoms with Gasteiger partial charge in [0, 0.05) is 0 Å². The molecule has 154 valence electrons. The van der Waals surface area contributed by atoms with Gasteiger partial charge >= 0.3 is 5.97 Å². The highest BCUT2D eigenvalue weighted by atomic mass is 35.5. The molecule has 8 heteroatoms. The molecule has 0 spiro atoms. The van der Waals surface area contributed by atoms with E-state index < -0.39 is 5.97 Å². The average Bonchev–Trinajstić information content (AvgIpc) is 3.09. The summed E-state index contributed by atoms with van der Waals surface area (Å²) >= 11 is 6.41. The Kier molecular flexibility index (Phi) is 6.71. The van der Waals surface area contributed by atoms with Crippen molar-refractivity contribution < 1.29 is 19.7 Å². The molecule has 0 aliphatic heterocycles. The monoisotopic (exact) mass is 417 g/mol. The van der Waals surface area contributed by atoms with Crippen molar-refractivity contribution in [3.8, 4) is 6.01 Å². The number of nitrogens with one attached hydrogen (secondary N) is 1. The molecule has 1 fully saturated rings. The van der Waals surface area contributed by atoms with Crippen LogP contribution in [0.25, 0.3) is 16.7 Å². The number of aliphatic hydroxyl groups excluding tert-OH is 1. The lowest BCUT2D eigenvalue weighted by atomic mass is 9.87. The minimum absolute atomic E-state index is 0.0761. The molecule has 0 unspecified atom stereocenters. The van der Waals surface area contributed by atoms with Crippen molar-refractivity contribution in [2.75, 3.05) is 6.61 Å². The molecule has 7 nitrogen and oxygen atoms in total. The Morgan fingerprint density at radius 3 is 2.72 bits per heavy atom. The van der Waals surface area contributed by atoms with Gasteiger partial charge in [-0.1, -0.05) is 36.4 Å². The van der Waals surface area contributed by atoms with E-state index in [2.05, 4.69) is 21.5 Å². The number of ether oxygens (including phenoxy) is 1. The highest BCUT2D eigenvalue weighted by Crippen LogP contribution is 2.30. The van der Waals surface area contributed by atoms with E-state index >= 15 is 0 Å². The van der Waals surface area contributed by atoms with Crippen LogP contribution in [-0.2, 0) is 4.79 Å². The number of carboxylic acid groups (broad SMARTS) is 1. The van der Waals surface area contributed by atoms with Crippen LogP contribution in [0, 0.1) is 5.92 Å². The van der Waals surface area contributed by atoms with Crippen molar-refractivity contribution in [3.05, 3.63) is 47.2 Å². The maximum atomic E-state index is 11.1. The third-order valence-corrected chi connectivity index (χ3v) is 5.43. The molecule has 0 radical (unpaired) electrons. The van der Waals surface area contributed by atoms with Crippen LogP contribution in [0.5, 0.6) is 6.01 Å². The van der Waals surface area contributed by atoms with E-state index in [0.717, 1.165) is 5.57 Å². The summed E-state index contributed by atoms with van der Waals surface area (Å²) < 4.78 is 5.91. The van der Waals surface area contributed by atoms with E-state index in [0.29, 0.717) is 59.1 Å². The van der Waals surface area contributed by atoms with Gasteiger partial charge < -0.3 is 14.9 Å². The predicted molar refractivity (Wildman–Crippen MR) is 112 cm³/mol. The molecular weight excluding hydrogens is 394 g/mol. The van der Waals surface area contributed by atoms with Crippen LogP contribution >= 0.6 is 11.6 Å². The fourth-order valence-electron chi connectivity index (χ4n) is 3.43. The van der Waals surface area contributed by atoms with Crippen LogP contribution < -0.4 is 4.74 Å². The van der Waals surface area contributed by atoms with Crippen LogP contribution in [0.3, 0.4) is 0 Å². The first-order valence-corrected chi connectivity index (χ1v) is 9.86. The first-order valence-electron chi connectivity index (χ1n) is 9.48. The van der Waals surface area contributed by atoms with Crippen molar-refractivity contribution in [2.24, 2.45) is 5.92 Å². The van der Waals surface area contributed by atoms with Crippen molar-refractivity contribution in [2.45, 2.75) is 38.7 Å². The Morgan fingerprint density at radius 1 is 1.38 bits per heavy atom. The Bertz CT molecular complexity index is 972. The second kappa shape index (κ2) is 9.24.